The number of carbonyl (C=O) groups excluding carboxylic acids is 1. The number of alkyl halides is 6. The number of piperidine rings is 1. The number of amides is 1. The maximum absolute atomic E-state index is 13.6. The molecule has 2 aromatic carbocycles. The van der Waals surface area contributed by atoms with Crippen molar-refractivity contribution in [1.29, 1.82) is 0 Å². The molecule has 5 rings (SSSR count). The number of rotatable bonds is 5. The molecule has 12 heteroatoms. The second-order valence-electron chi connectivity index (χ2n) is 9.30. The van der Waals surface area contributed by atoms with Gasteiger partial charge in [0.15, 0.2) is 5.69 Å². The Bertz CT molecular complexity index is 1480. The fourth-order valence-electron chi connectivity index (χ4n) is 4.62. The number of carbonyl (C=O) groups is 1. The molecule has 6 nitrogen and oxygen atoms in total. The van der Waals surface area contributed by atoms with Crippen LogP contribution in [0.3, 0.4) is 0 Å². The highest BCUT2D eigenvalue weighted by molar-refractivity contribution is 6.04. The minimum Gasteiger partial charge on any atom is -0.431 e. The summed E-state index contributed by atoms with van der Waals surface area (Å²) in [6, 6.07) is 16.4. The van der Waals surface area contributed by atoms with Crippen LogP contribution in [0.15, 0.2) is 77.3 Å². The van der Waals surface area contributed by atoms with Crippen LogP contribution in [-0.4, -0.2) is 29.0 Å². The number of oxazole rings is 1. The van der Waals surface area contributed by atoms with Crippen molar-refractivity contribution >= 4 is 17.4 Å². The summed E-state index contributed by atoms with van der Waals surface area (Å²) in [5, 5.41) is 2.38. The number of benzene rings is 2. The Hall–Kier alpha value is -4.35. The highest BCUT2D eigenvalue weighted by Crippen LogP contribution is 2.37. The van der Waals surface area contributed by atoms with Crippen molar-refractivity contribution < 1.29 is 35.6 Å². The van der Waals surface area contributed by atoms with Crippen molar-refractivity contribution in [2.45, 2.75) is 31.1 Å². The van der Waals surface area contributed by atoms with Crippen molar-refractivity contribution in [3.8, 4) is 11.5 Å². The van der Waals surface area contributed by atoms with E-state index in [-0.39, 0.29) is 23.1 Å². The Balaban J connectivity index is 1.24. The molecule has 1 aliphatic rings. The minimum atomic E-state index is -4.94. The second-order valence-corrected chi connectivity index (χ2v) is 9.30. The first-order chi connectivity index (χ1) is 19.0. The third-order valence-electron chi connectivity index (χ3n) is 6.63. The van der Waals surface area contributed by atoms with Crippen molar-refractivity contribution in [3.05, 3.63) is 95.5 Å². The molecule has 1 fully saturated rings. The van der Waals surface area contributed by atoms with Gasteiger partial charge in [-0.05, 0) is 54.7 Å². The van der Waals surface area contributed by atoms with E-state index in [9.17, 15) is 31.1 Å². The summed E-state index contributed by atoms with van der Waals surface area (Å²) < 4.78 is 84.8. The van der Waals surface area contributed by atoms with Gasteiger partial charge < -0.3 is 14.6 Å². The molecular weight excluding hydrogens is 538 g/mol. The molecule has 0 aliphatic carbocycles. The van der Waals surface area contributed by atoms with Crippen molar-refractivity contribution in [2.75, 3.05) is 23.3 Å². The molecule has 4 aromatic rings. The second kappa shape index (κ2) is 10.7. The fraction of sp³-hybridized carbons (Fsp3) is 0.250. The third kappa shape index (κ3) is 5.95. The Morgan fingerprint density at radius 2 is 1.62 bits per heavy atom. The normalized spacial score (nSPS) is 14.8. The summed E-state index contributed by atoms with van der Waals surface area (Å²) in [5.74, 6) is -2.39. The lowest BCUT2D eigenvalue weighted by atomic mass is 9.88. The summed E-state index contributed by atoms with van der Waals surface area (Å²) >= 11 is 0. The number of aromatic nitrogens is 2. The smallest absolute Gasteiger partial charge is 0.431 e. The average Bonchev–Trinajstić information content (AvgIpc) is 3.41. The average molecular weight is 560 g/mol. The Morgan fingerprint density at radius 1 is 0.900 bits per heavy atom. The molecule has 0 unspecified atom stereocenters. The van der Waals surface area contributed by atoms with E-state index >= 15 is 0 Å². The molecule has 0 atom stereocenters. The summed E-state index contributed by atoms with van der Waals surface area (Å²) in [5.41, 5.74) is -0.482. The molecule has 1 saturated heterocycles. The van der Waals surface area contributed by atoms with Crippen molar-refractivity contribution in [3.63, 3.8) is 0 Å². The van der Waals surface area contributed by atoms with Crippen LogP contribution in [0.4, 0.5) is 37.8 Å². The summed E-state index contributed by atoms with van der Waals surface area (Å²) in [7, 11) is 0. The predicted molar refractivity (Wildman–Crippen MR) is 135 cm³/mol. The molecule has 40 heavy (non-hydrogen) atoms. The van der Waals surface area contributed by atoms with Gasteiger partial charge in [-0.2, -0.15) is 26.3 Å². The first-order valence-corrected chi connectivity index (χ1v) is 12.3. The Morgan fingerprint density at radius 3 is 2.25 bits per heavy atom. The number of halogens is 6. The van der Waals surface area contributed by atoms with Gasteiger partial charge in [-0.25, -0.2) is 9.97 Å². The number of hydrogen-bond acceptors (Lipinski definition) is 5. The molecule has 0 saturated carbocycles. The summed E-state index contributed by atoms with van der Waals surface area (Å²) in [6.45, 7) is 1.10. The van der Waals surface area contributed by atoms with Crippen LogP contribution in [0.1, 0.15) is 46.1 Å². The topological polar surface area (TPSA) is 71.3 Å². The zero-order valence-electron chi connectivity index (χ0n) is 20.8. The zero-order valence-corrected chi connectivity index (χ0v) is 20.8. The van der Waals surface area contributed by atoms with Crippen molar-refractivity contribution in [2.24, 2.45) is 0 Å². The number of nitrogens with one attached hydrogen (secondary N) is 1. The van der Waals surface area contributed by atoms with Gasteiger partial charge in [0.1, 0.15) is 5.82 Å². The highest BCUT2D eigenvalue weighted by Gasteiger charge is 2.42. The highest BCUT2D eigenvalue weighted by atomic mass is 19.4. The maximum atomic E-state index is 13.6. The largest absolute Gasteiger partial charge is 0.452 e. The molecule has 1 aliphatic heterocycles. The summed E-state index contributed by atoms with van der Waals surface area (Å²) in [6.07, 6.45) is -6.77. The zero-order chi connectivity index (χ0) is 28.5. The summed E-state index contributed by atoms with van der Waals surface area (Å²) in [4.78, 5) is 22.8. The van der Waals surface area contributed by atoms with E-state index < -0.39 is 35.3 Å². The fourth-order valence-corrected chi connectivity index (χ4v) is 4.62. The van der Waals surface area contributed by atoms with Gasteiger partial charge in [-0.15, -0.1) is 0 Å². The minimum absolute atomic E-state index is 0.0248. The lowest BCUT2D eigenvalue weighted by Crippen LogP contribution is -2.33. The molecule has 1 amide bonds. The van der Waals surface area contributed by atoms with Crippen LogP contribution in [-0.2, 0) is 12.4 Å². The SMILES string of the molecule is O=C(Nc1ccc(N2CCC(c3cccc(C(F)(F)F)c3)CC2)nc1)c1nc(-c2ccccc2)oc1C(F)(F)F. The third-order valence-corrected chi connectivity index (χ3v) is 6.63. The molecule has 2 aromatic heterocycles. The number of hydrogen-bond donors (Lipinski definition) is 1. The van der Waals surface area contributed by atoms with Gasteiger partial charge in [0.25, 0.3) is 5.91 Å². The van der Waals surface area contributed by atoms with Crippen molar-refractivity contribution in [1.82, 2.24) is 9.97 Å². The molecule has 208 valence electrons. The van der Waals surface area contributed by atoms with Gasteiger partial charge >= 0.3 is 12.4 Å². The van der Waals surface area contributed by atoms with E-state index in [0.717, 1.165) is 6.07 Å². The number of pyridine rings is 1. The lowest BCUT2D eigenvalue weighted by molar-refractivity contribution is -0.153. The molecule has 0 bridgehead atoms. The van der Waals surface area contributed by atoms with Crippen LogP contribution < -0.4 is 10.2 Å². The van der Waals surface area contributed by atoms with Gasteiger partial charge in [0.2, 0.25) is 11.7 Å². The Kier molecular flexibility index (Phi) is 7.26. The predicted octanol–water partition coefficient (Wildman–Crippen LogP) is 7.41. The van der Waals surface area contributed by atoms with Crippen LogP contribution >= 0.6 is 0 Å². The maximum Gasteiger partial charge on any atom is 0.452 e. The van der Waals surface area contributed by atoms with Crippen LogP contribution in [0.25, 0.3) is 11.5 Å². The van der Waals surface area contributed by atoms with Gasteiger partial charge in [0, 0.05) is 18.7 Å². The van der Waals surface area contributed by atoms with E-state index in [1.165, 1.54) is 36.5 Å². The monoisotopic (exact) mass is 560 g/mol. The molecule has 3 heterocycles. The molecule has 1 N–H and O–H groups in total. The van der Waals surface area contributed by atoms with Crippen LogP contribution in [0.5, 0.6) is 0 Å². The molecule has 0 spiro atoms. The van der Waals surface area contributed by atoms with E-state index in [0.29, 0.717) is 37.3 Å². The van der Waals surface area contributed by atoms with Crippen LogP contribution in [0, 0.1) is 0 Å². The number of nitrogens with zero attached hydrogens (tertiary/aromatic N) is 3. The van der Waals surface area contributed by atoms with Gasteiger partial charge in [-0.1, -0.05) is 36.4 Å². The standard InChI is InChI=1S/C28H22F6N4O2/c29-27(30,31)20-8-4-7-19(15-20)17-11-13-38(14-12-17)22-10-9-21(16-35-22)36-25(39)23-24(28(32,33)34)40-26(37-23)18-5-2-1-3-6-18/h1-10,15-17H,11-14H2,(H,36,39). The first-order valence-electron chi connectivity index (χ1n) is 12.3. The lowest BCUT2D eigenvalue weighted by Gasteiger charge is -2.33. The van der Waals surface area contributed by atoms with Crippen LogP contribution in [0.2, 0.25) is 0 Å². The molecular formula is C28H22F6N4O2. The molecule has 0 radical (unpaired) electrons. The van der Waals surface area contributed by atoms with E-state index in [4.69, 9.17) is 4.42 Å². The van der Waals surface area contributed by atoms with Gasteiger partial charge in [-0.3, -0.25) is 4.79 Å². The van der Waals surface area contributed by atoms with E-state index in [2.05, 4.69) is 15.3 Å². The number of anilines is 2. The Labute approximate surface area is 224 Å². The quantitative estimate of drug-likeness (QED) is 0.258. The van der Waals surface area contributed by atoms with Gasteiger partial charge in [0.05, 0.1) is 17.4 Å². The first kappa shape index (κ1) is 27.2. The van der Waals surface area contributed by atoms with E-state index in [1.807, 2.05) is 4.90 Å². The van der Waals surface area contributed by atoms with E-state index in [1.54, 1.807) is 30.3 Å².